The molecular weight excluding hydrogens is 518 g/mol. The number of anilines is 2. The van der Waals surface area contributed by atoms with Crippen LogP contribution in [-0.4, -0.2) is 51.2 Å². The van der Waals surface area contributed by atoms with Gasteiger partial charge in [0, 0.05) is 28.9 Å². The van der Waals surface area contributed by atoms with Gasteiger partial charge in [0.05, 0.1) is 11.7 Å². The second-order valence-corrected chi connectivity index (χ2v) is 11.2. The van der Waals surface area contributed by atoms with Crippen molar-refractivity contribution in [1.29, 1.82) is 0 Å². The Morgan fingerprint density at radius 3 is 2.67 bits per heavy atom. The number of nitrogens with one attached hydrogen (secondary N) is 2. The number of hydrogen-bond donors (Lipinski definition) is 3. The maximum Gasteiger partial charge on any atom is 0.293 e. The fourth-order valence-electron chi connectivity index (χ4n) is 4.37. The van der Waals surface area contributed by atoms with Gasteiger partial charge in [0.1, 0.15) is 5.82 Å². The van der Waals surface area contributed by atoms with Crippen molar-refractivity contribution in [3.8, 4) is 11.4 Å². The molecule has 0 fully saturated rings. The Morgan fingerprint density at radius 2 is 2.03 bits per heavy atom. The third kappa shape index (κ3) is 6.58. The Balaban J connectivity index is 1.65. The van der Waals surface area contributed by atoms with E-state index in [1.165, 1.54) is 11.3 Å². The first kappa shape index (κ1) is 28.1. The highest BCUT2D eigenvalue weighted by atomic mass is 32.1. The molecule has 11 nitrogen and oxygen atoms in total. The fraction of sp³-hybridized carbons (Fsp3) is 0.407. The zero-order chi connectivity index (χ0) is 28.2. The first-order valence-corrected chi connectivity index (χ1v) is 13.5. The minimum atomic E-state index is -1.16. The number of benzene rings is 1. The Hall–Kier alpha value is -3.90. The molecule has 0 aliphatic rings. The lowest BCUT2D eigenvalue weighted by molar-refractivity contribution is -0.143. The molecule has 0 aliphatic heterocycles. The highest BCUT2D eigenvalue weighted by Gasteiger charge is 2.32. The van der Waals surface area contributed by atoms with E-state index in [0.29, 0.717) is 42.1 Å². The van der Waals surface area contributed by atoms with E-state index in [4.69, 9.17) is 15.0 Å². The van der Waals surface area contributed by atoms with Crippen molar-refractivity contribution in [2.45, 2.75) is 65.0 Å². The highest BCUT2D eigenvalue weighted by molar-refractivity contribution is 7.16. The standard InChI is InChI=1S/C27H33N7O4S/c1-15-22(27(3,4)5)39-26(30-15)33-25(36)21(37-14-35)20(7-6-11-28)32-24-19-13-18(23-31-16(2)38-34-23)9-8-17(19)10-12-29-24/h8-10,12-14,20-21H,6-7,11,28H2,1-5H3,(H,29,32)(H,30,33,36)/t20-,21?/m0/s1. The molecule has 4 rings (SSSR count). The Morgan fingerprint density at radius 1 is 1.23 bits per heavy atom. The molecular formula is C27H33N7O4S. The summed E-state index contributed by atoms with van der Waals surface area (Å²) < 4.78 is 10.5. The SMILES string of the molecule is Cc1nc(-c2ccc3ccnc(N[C@@H](CCCN)C(OC=O)C(=O)Nc4nc(C)c(C(C)(C)C)s4)c3c2)no1. The van der Waals surface area contributed by atoms with Gasteiger partial charge in [0.2, 0.25) is 11.7 Å². The Kier molecular flexibility index (Phi) is 8.56. The number of carbonyl (C=O) groups is 2. The number of pyridine rings is 1. The molecule has 3 aromatic heterocycles. The second kappa shape index (κ2) is 11.9. The van der Waals surface area contributed by atoms with Crippen molar-refractivity contribution in [3.63, 3.8) is 0 Å². The smallest absolute Gasteiger partial charge is 0.293 e. The predicted octanol–water partition coefficient (Wildman–Crippen LogP) is 4.36. The molecule has 1 amide bonds. The lowest BCUT2D eigenvalue weighted by atomic mass is 9.94. The molecule has 0 aliphatic carbocycles. The zero-order valence-electron chi connectivity index (χ0n) is 22.6. The van der Waals surface area contributed by atoms with Crippen LogP contribution in [0.15, 0.2) is 35.0 Å². The van der Waals surface area contributed by atoms with Gasteiger partial charge in [-0.3, -0.25) is 14.9 Å². The molecule has 206 valence electrons. The fourth-order valence-corrected chi connectivity index (χ4v) is 5.40. The predicted molar refractivity (Wildman–Crippen MR) is 151 cm³/mol. The molecule has 4 aromatic rings. The molecule has 39 heavy (non-hydrogen) atoms. The minimum absolute atomic E-state index is 0.117. The van der Waals surface area contributed by atoms with Crippen molar-refractivity contribution in [2.24, 2.45) is 5.73 Å². The number of aromatic nitrogens is 4. The van der Waals surface area contributed by atoms with Gasteiger partial charge in [0.15, 0.2) is 11.2 Å². The number of nitrogens with two attached hydrogens (primary N) is 1. The van der Waals surface area contributed by atoms with Crippen LogP contribution >= 0.6 is 11.3 Å². The summed E-state index contributed by atoms with van der Waals surface area (Å²) in [5.74, 6) is 0.943. The van der Waals surface area contributed by atoms with Gasteiger partial charge in [-0.15, -0.1) is 11.3 Å². The lowest BCUT2D eigenvalue weighted by Gasteiger charge is -2.26. The Bertz CT molecular complexity index is 1460. The molecule has 0 saturated heterocycles. The minimum Gasteiger partial charge on any atom is -0.452 e. The number of thiazole rings is 1. The molecule has 12 heteroatoms. The monoisotopic (exact) mass is 551 g/mol. The molecule has 0 spiro atoms. The first-order chi connectivity index (χ1) is 18.6. The normalized spacial score (nSPS) is 13.2. The molecule has 2 atom stereocenters. The molecule has 0 saturated carbocycles. The molecule has 0 radical (unpaired) electrons. The van der Waals surface area contributed by atoms with Crippen LogP contribution in [0.1, 0.15) is 50.1 Å². The van der Waals surface area contributed by atoms with E-state index in [1.807, 2.05) is 31.2 Å². The van der Waals surface area contributed by atoms with Crippen LogP contribution in [0.3, 0.4) is 0 Å². The van der Waals surface area contributed by atoms with E-state index in [0.717, 1.165) is 26.9 Å². The number of fused-ring (bicyclic) bond motifs is 1. The zero-order valence-corrected chi connectivity index (χ0v) is 23.5. The van der Waals surface area contributed by atoms with Gasteiger partial charge >= 0.3 is 0 Å². The van der Waals surface area contributed by atoms with Gasteiger partial charge in [0.25, 0.3) is 12.4 Å². The summed E-state index contributed by atoms with van der Waals surface area (Å²) in [4.78, 5) is 39.3. The summed E-state index contributed by atoms with van der Waals surface area (Å²) in [6.45, 7) is 10.6. The Labute approximate surface area is 230 Å². The average molecular weight is 552 g/mol. The lowest BCUT2D eigenvalue weighted by Crippen LogP contribution is -2.44. The van der Waals surface area contributed by atoms with Crippen molar-refractivity contribution in [2.75, 3.05) is 17.2 Å². The summed E-state index contributed by atoms with van der Waals surface area (Å²) in [5, 5.41) is 12.3. The summed E-state index contributed by atoms with van der Waals surface area (Å²) in [7, 11) is 0. The van der Waals surface area contributed by atoms with Gasteiger partial charge in [-0.1, -0.05) is 38.1 Å². The van der Waals surface area contributed by atoms with Crippen molar-refractivity contribution < 1.29 is 18.8 Å². The van der Waals surface area contributed by atoms with Crippen LogP contribution in [0.2, 0.25) is 0 Å². The van der Waals surface area contributed by atoms with Gasteiger partial charge in [-0.2, -0.15) is 4.98 Å². The number of aryl methyl sites for hydroxylation is 2. The van der Waals surface area contributed by atoms with E-state index < -0.39 is 18.1 Å². The number of rotatable bonds is 11. The van der Waals surface area contributed by atoms with Gasteiger partial charge < -0.3 is 20.3 Å². The summed E-state index contributed by atoms with van der Waals surface area (Å²) in [6, 6.07) is 7.00. The van der Waals surface area contributed by atoms with Crippen LogP contribution in [-0.2, 0) is 19.7 Å². The number of amides is 1. The van der Waals surface area contributed by atoms with E-state index in [2.05, 4.69) is 51.5 Å². The van der Waals surface area contributed by atoms with E-state index >= 15 is 0 Å². The van der Waals surface area contributed by atoms with Crippen molar-refractivity contribution >= 4 is 45.4 Å². The van der Waals surface area contributed by atoms with Crippen LogP contribution in [0.4, 0.5) is 10.9 Å². The van der Waals surface area contributed by atoms with E-state index in [9.17, 15) is 9.59 Å². The van der Waals surface area contributed by atoms with Crippen LogP contribution < -0.4 is 16.4 Å². The van der Waals surface area contributed by atoms with Crippen molar-refractivity contribution in [1.82, 2.24) is 20.1 Å². The third-order valence-corrected chi connectivity index (χ3v) is 7.63. The summed E-state index contributed by atoms with van der Waals surface area (Å²) in [5.41, 5.74) is 7.28. The number of carbonyl (C=O) groups excluding carboxylic acids is 2. The second-order valence-electron chi connectivity index (χ2n) is 10.2. The number of ether oxygens (including phenoxy) is 1. The van der Waals surface area contributed by atoms with E-state index in [1.54, 1.807) is 13.1 Å². The quantitative estimate of drug-likeness (QED) is 0.229. The number of nitrogens with zero attached hydrogens (tertiary/aromatic N) is 4. The highest BCUT2D eigenvalue weighted by Crippen LogP contribution is 2.34. The van der Waals surface area contributed by atoms with Crippen LogP contribution in [0.25, 0.3) is 22.2 Å². The summed E-state index contributed by atoms with van der Waals surface area (Å²) in [6.07, 6.45) is 1.56. The average Bonchev–Trinajstić information content (AvgIpc) is 3.50. The van der Waals surface area contributed by atoms with Crippen molar-refractivity contribution in [3.05, 3.63) is 46.9 Å². The third-order valence-electron chi connectivity index (χ3n) is 6.13. The molecule has 4 N–H and O–H groups in total. The molecule has 3 heterocycles. The van der Waals surface area contributed by atoms with E-state index in [-0.39, 0.29) is 11.9 Å². The van der Waals surface area contributed by atoms with Gasteiger partial charge in [-0.05, 0) is 49.2 Å². The van der Waals surface area contributed by atoms with Crippen LogP contribution in [0.5, 0.6) is 0 Å². The first-order valence-electron chi connectivity index (χ1n) is 12.6. The largest absolute Gasteiger partial charge is 0.452 e. The van der Waals surface area contributed by atoms with Gasteiger partial charge in [-0.25, -0.2) is 9.97 Å². The topological polar surface area (TPSA) is 158 Å². The molecule has 1 aromatic carbocycles. The molecule has 1 unspecified atom stereocenters. The summed E-state index contributed by atoms with van der Waals surface area (Å²) >= 11 is 1.41. The number of hydrogen-bond acceptors (Lipinski definition) is 11. The van der Waals surface area contributed by atoms with Crippen LogP contribution in [0, 0.1) is 13.8 Å². The molecule has 0 bridgehead atoms. The maximum atomic E-state index is 13.4. The maximum absolute atomic E-state index is 13.4.